The van der Waals surface area contributed by atoms with Crippen molar-refractivity contribution in [2.24, 2.45) is 5.92 Å². The first-order chi connectivity index (χ1) is 14.6. The van der Waals surface area contributed by atoms with Gasteiger partial charge in [0.15, 0.2) is 0 Å². The van der Waals surface area contributed by atoms with E-state index in [9.17, 15) is 4.79 Å². The van der Waals surface area contributed by atoms with Crippen molar-refractivity contribution in [3.63, 3.8) is 0 Å². The molecule has 0 radical (unpaired) electrons. The highest BCUT2D eigenvalue weighted by molar-refractivity contribution is 5.76. The molecule has 2 aromatic heterocycles. The molecule has 1 fully saturated rings. The maximum atomic E-state index is 12.6. The SMILES string of the molecule is COC1=CC([N+](C=O)(C(C)C)C2CCCCC2)=CCC1Cc1nccc2[nH]cnc12. The molecule has 0 aromatic carbocycles. The standard InChI is InChI=1S/C24H33N4O2/c1-17(2)28(16-29,19-7-5-4-6-8-19)20-10-9-18(23(14-20)30-3)13-22-24-21(11-12-25-22)26-15-27-24/h10-12,14-19H,4-9,13H2,1-3H3,(H,26,27)/q+1. The van der Waals surface area contributed by atoms with Crippen molar-refractivity contribution < 1.29 is 14.0 Å². The number of quaternary nitrogens is 1. The third-order valence-corrected chi connectivity index (χ3v) is 7.05. The van der Waals surface area contributed by atoms with E-state index in [4.69, 9.17) is 4.74 Å². The number of rotatable bonds is 7. The zero-order chi connectivity index (χ0) is 21.1. The number of amides is 1. The van der Waals surface area contributed by atoms with E-state index in [0.717, 1.165) is 53.9 Å². The van der Waals surface area contributed by atoms with Gasteiger partial charge in [-0.25, -0.2) is 14.3 Å². The van der Waals surface area contributed by atoms with Crippen LogP contribution in [-0.2, 0) is 16.0 Å². The smallest absolute Gasteiger partial charge is 0.306 e. The van der Waals surface area contributed by atoms with Crippen LogP contribution in [0.25, 0.3) is 11.0 Å². The molecule has 2 atom stereocenters. The van der Waals surface area contributed by atoms with Crippen LogP contribution in [0.3, 0.4) is 0 Å². The van der Waals surface area contributed by atoms with Crippen molar-refractivity contribution in [2.45, 2.75) is 70.9 Å². The van der Waals surface area contributed by atoms with Gasteiger partial charge in [0.2, 0.25) is 0 Å². The highest BCUT2D eigenvalue weighted by Gasteiger charge is 2.45. The number of fused-ring (bicyclic) bond motifs is 1. The van der Waals surface area contributed by atoms with Crippen LogP contribution in [0.5, 0.6) is 0 Å². The fourth-order valence-electron chi connectivity index (χ4n) is 5.40. The molecule has 2 heterocycles. The van der Waals surface area contributed by atoms with Crippen molar-refractivity contribution >= 4 is 17.4 Å². The van der Waals surface area contributed by atoms with Crippen LogP contribution in [0.4, 0.5) is 0 Å². The van der Waals surface area contributed by atoms with Crippen molar-refractivity contribution in [1.82, 2.24) is 15.0 Å². The van der Waals surface area contributed by atoms with E-state index in [-0.39, 0.29) is 12.0 Å². The lowest BCUT2D eigenvalue weighted by molar-refractivity contribution is -0.855. The normalized spacial score (nSPS) is 22.5. The molecule has 0 saturated heterocycles. The van der Waals surface area contributed by atoms with Crippen LogP contribution in [-0.4, -0.2) is 45.0 Å². The minimum atomic E-state index is 0.195. The number of pyridine rings is 1. The Labute approximate surface area is 178 Å². The molecule has 2 aliphatic carbocycles. The number of nitrogens with zero attached hydrogens (tertiary/aromatic N) is 3. The van der Waals surface area contributed by atoms with Gasteiger partial charge in [0, 0.05) is 37.5 Å². The van der Waals surface area contributed by atoms with Crippen LogP contribution in [0.1, 0.15) is 58.1 Å². The van der Waals surface area contributed by atoms with Crippen LogP contribution in [0, 0.1) is 5.92 Å². The molecule has 1 N–H and O–H groups in total. The van der Waals surface area contributed by atoms with Gasteiger partial charge in [0.25, 0.3) is 0 Å². The minimum absolute atomic E-state index is 0.195. The number of allylic oxidation sites excluding steroid dienone is 3. The van der Waals surface area contributed by atoms with Crippen LogP contribution in [0.2, 0.25) is 0 Å². The highest BCUT2D eigenvalue weighted by atomic mass is 16.5. The topological polar surface area (TPSA) is 67.9 Å². The number of hydrogen-bond donors (Lipinski definition) is 1. The maximum absolute atomic E-state index is 12.6. The number of aromatic nitrogens is 3. The Morgan fingerprint density at radius 3 is 2.77 bits per heavy atom. The lowest BCUT2D eigenvalue weighted by Gasteiger charge is -2.45. The molecular weight excluding hydrogens is 376 g/mol. The monoisotopic (exact) mass is 409 g/mol. The molecule has 6 heteroatoms. The molecule has 4 rings (SSSR count). The fraction of sp³-hybridized carbons (Fsp3) is 0.542. The van der Waals surface area contributed by atoms with Crippen LogP contribution < -0.4 is 0 Å². The Hall–Kier alpha value is -2.47. The van der Waals surface area contributed by atoms with Gasteiger partial charge in [0.05, 0.1) is 30.7 Å². The van der Waals surface area contributed by atoms with Gasteiger partial charge in [-0.2, -0.15) is 0 Å². The predicted molar refractivity (Wildman–Crippen MR) is 117 cm³/mol. The number of carbonyl (C=O) groups excluding carboxylic acids is 1. The summed E-state index contributed by atoms with van der Waals surface area (Å²) in [5.74, 6) is 1.13. The predicted octanol–water partition coefficient (Wildman–Crippen LogP) is 4.65. The minimum Gasteiger partial charge on any atom is -0.501 e. The van der Waals surface area contributed by atoms with E-state index < -0.39 is 0 Å². The molecule has 2 unspecified atom stereocenters. The molecule has 0 aliphatic heterocycles. The van der Waals surface area contributed by atoms with Crippen LogP contribution in [0.15, 0.2) is 42.2 Å². The summed E-state index contributed by atoms with van der Waals surface area (Å²) in [6.07, 6.45) is 16.6. The number of carbonyl (C=O) groups is 1. The summed E-state index contributed by atoms with van der Waals surface area (Å²) in [6, 6.07) is 2.50. The molecule has 1 amide bonds. The average molecular weight is 410 g/mol. The van der Waals surface area contributed by atoms with Gasteiger partial charge in [0.1, 0.15) is 23.0 Å². The second-order valence-electron chi connectivity index (χ2n) is 8.90. The van der Waals surface area contributed by atoms with E-state index in [0.29, 0.717) is 10.5 Å². The lowest BCUT2D eigenvalue weighted by Crippen LogP contribution is -2.58. The third kappa shape index (κ3) is 3.58. The van der Waals surface area contributed by atoms with Gasteiger partial charge < -0.3 is 9.72 Å². The van der Waals surface area contributed by atoms with E-state index in [2.05, 4.69) is 41.0 Å². The number of imidazole rings is 1. The van der Waals surface area contributed by atoms with Gasteiger partial charge in [-0.3, -0.25) is 4.98 Å². The molecule has 30 heavy (non-hydrogen) atoms. The maximum Gasteiger partial charge on any atom is 0.306 e. The van der Waals surface area contributed by atoms with E-state index >= 15 is 0 Å². The first-order valence-corrected chi connectivity index (χ1v) is 11.2. The summed E-state index contributed by atoms with van der Waals surface area (Å²) in [4.78, 5) is 24.8. The number of methoxy groups -OCH3 is 1. The molecule has 160 valence electrons. The zero-order valence-corrected chi connectivity index (χ0v) is 18.3. The van der Waals surface area contributed by atoms with E-state index in [1.807, 2.05) is 12.3 Å². The van der Waals surface area contributed by atoms with Crippen molar-refractivity contribution in [3.05, 3.63) is 47.9 Å². The molecule has 2 aromatic rings. The first kappa shape index (κ1) is 20.8. The summed E-state index contributed by atoms with van der Waals surface area (Å²) in [6.45, 7) is 4.33. The van der Waals surface area contributed by atoms with Gasteiger partial charge in [-0.1, -0.05) is 6.42 Å². The van der Waals surface area contributed by atoms with E-state index in [1.165, 1.54) is 25.7 Å². The number of hydrogen-bond acceptors (Lipinski definition) is 4. The van der Waals surface area contributed by atoms with Gasteiger partial charge in [-0.15, -0.1) is 0 Å². The number of ether oxygens (including phenoxy) is 1. The number of nitrogens with one attached hydrogen (secondary N) is 1. The lowest BCUT2D eigenvalue weighted by atomic mass is 9.87. The summed E-state index contributed by atoms with van der Waals surface area (Å²) >= 11 is 0. The summed E-state index contributed by atoms with van der Waals surface area (Å²) in [5.41, 5.74) is 3.99. The highest BCUT2D eigenvalue weighted by Crippen LogP contribution is 2.39. The number of aromatic amines is 1. The van der Waals surface area contributed by atoms with Crippen molar-refractivity contribution in [2.75, 3.05) is 7.11 Å². The molecular formula is C24H33N4O2+. The summed E-state index contributed by atoms with van der Waals surface area (Å²) < 4.78 is 6.25. The van der Waals surface area contributed by atoms with Crippen molar-refractivity contribution in [3.8, 4) is 0 Å². The average Bonchev–Trinajstić information content (AvgIpc) is 3.26. The van der Waals surface area contributed by atoms with Gasteiger partial charge in [-0.05, 0) is 45.3 Å². The first-order valence-electron chi connectivity index (χ1n) is 11.2. The molecule has 6 nitrogen and oxygen atoms in total. The zero-order valence-electron chi connectivity index (χ0n) is 18.3. The van der Waals surface area contributed by atoms with Crippen LogP contribution >= 0.6 is 0 Å². The Kier molecular flexibility index (Phi) is 6.04. The Morgan fingerprint density at radius 1 is 1.27 bits per heavy atom. The second kappa shape index (κ2) is 8.72. The van der Waals surface area contributed by atoms with E-state index in [1.54, 1.807) is 13.4 Å². The molecule has 1 saturated carbocycles. The molecule has 0 bridgehead atoms. The van der Waals surface area contributed by atoms with Crippen molar-refractivity contribution in [1.29, 1.82) is 0 Å². The summed E-state index contributed by atoms with van der Waals surface area (Å²) in [7, 11) is 1.73. The second-order valence-corrected chi connectivity index (χ2v) is 8.90. The fourth-order valence-corrected chi connectivity index (χ4v) is 5.40. The number of H-pyrrole nitrogens is 1. The Bertz CT molecular complexity index is 955. The third-order valence-electron chi connectivity index (χ3n) is 7.05. The summed E-state index contributed by atoms with van der Waals surface area (Å²) in [5, 5.41) is 0. The molecule has 2 aliphatic rings. The Morgan fingerprint density at radius 2 is 2.07 bits per heavy atom. The quantitative estimate of drug-likeness (QED) is 0.534. The largest absolute Gasteiger partial charge is 0.501 e. The van der Waals surface area contributed by atoms with Gasteiger partial charge >= 0.3 is 6.41 Å². The Balaban J connectivity index is 1.63. The molecule has 0 spiro atoms.